The van der Waals surface area contributed by atoms with E-state index in [-0.39, 0.29) is 17.7 Å². The summed E-state index contributed by atoms with van der Waals surface area (Å²) < 4.78 is 0. The first kappa shape index (κ1) is 22.7. The minimum absolute atomic E-state index is 0.238. The van der Waals surface area contributed by atoms with E-state index in [1.807, 2.05) is 30.3 Å². The van der Waals surface area contributed by atoms with Gasteiger partial charge in [-0.05, 0) is 57.9 Å². The van der Waals surface area contributed by atoms with Crippen molar-refractivity contribution >= 4 is 17.7 Å². The number of amides is 3. The maximum atomic E-state index is 12.8. The molecule has 2 aromatic carbocycles. The van der Waals surface area contributed by atoms with E-state index in [0.29, 0.717) is 48.3 Å². The summed E-state index contributed by atoms with van der Waals surface area (Å²) in [5, 5.41) is 2.92. The normalized spacial score (nSPS) is 13.5. The molecule has 31 heavy (non-hydrogen) atoms. The van der Waals surface area contributed by atoms with Crippen LogP contribution in [0.3, 0.4) is 0 Å². The number of carbonyl (C=O) groups excluding carboxylic acids is 3. The third kappa shape index (κ3) is 5.20. The van der Waals surface area contributed by atoms with Gasteiger partial charge in [0.05, 0.1) is 11.1 Å². The fourth-order valence-electron chi connectivity index (χ4n) is 4.03. The van der Waals surface area contributed by atoms with E-state index in [9.17, 15) is 14.4 Å². The lowest BCUT2D eigenvalue weighted by atomic mass is 10.1. The number of nitrogens with zero attached hydrogens (tertiary/aromatic N) is 2. The fraction of sp³-hybridized carbons (Fsp3) is 0.400. The topological polar surface area (TPSA) is 69.7 Å². The number of imide groups is 1. The summed E-state index contributed by atoms with van der Waals surface area (Å²) in [5.74, 6) is -0.873. The van der Waals surface area contributed by atoms with Gasteiger partial charge in [0.2, 0.25) is 0 Å². The molecule has 1 heterocycles. The van der Waals surface area contributed by atoms with Crippen molar-refractivity contribution in [3.8, 4) is 0 Å². The zero-order valence-corrected chi connectivity index (χ0v) is 18.7. The predicted molar refractivity (Wildman–Crippen MR) is 121 cm³/mol. The highest BCUT2D eigenvalue weighted by Gasteiger charge is 2.35. The summed E-state index contributed by atoms with van der Waals surface area (Å²) in [5.41, 5.74) is 2.12. The molecule has 0 radical (unpaired) electrons. The van der Waals surface area contributed by atoms with Gasteiger partial charge >= 0.3 is 0 Å². The zero-order valence-electron chi connectivity index (χ0n) is 18.7. The second-order valence-corrected chi connectivity index (χ2v) is 8.44. The zero-order chi connectivity index (χ0) is 22.5. The van der Waals surface area contributed by atoms with E-state index in [1.165, 1.54) is 11.0 Å². The van der Waals surface area contributed by atoms with Crippen LogP contribution < -0.4 is 5.32 Å². The summed E-state index contributed by atoms with van der Waals surface area (Å²) >= 11 is 0. The van der Waals surface area contributed by atoms with Crippen LogP contribution in [0.5, 0.6) is 0 Å². The minimum atomic E-state index is -0.337. The van der Waals surface area contributed by atoms with Crippen LogP contribution in [-0.2, 0) is 6.42 Å². The van der Waals surface area contributed by atoms with Crippen LogP contribution in [0.2, 0.25) is 0 Å². The Labute approximate surface area is 184 Å². The SMILES string of the molecule is CC(C)N(CCNC(=O)c1ccc2c(c1)C(=O)N(CCc1ccccc1)C2=O)C(C)C. The standard InChI is InChI=1S/C25H31N3O3/c1-17(2)27(18(3)4)15-13-26-23(29)20-10-11-21-22(16-20)25(31)28(24(21)30)14-12-19-8-6-5-7-9-19/h5-11,16-18H,12-15H2,1-4H3,(H,26,29). The highest BCUT2D eigenvalue weighted by molar-refractivity contribution is 6.22. The molecule has 0 atom stereocenters. The van der Waals surface area contributed by atoms with Crippen molar-refractivity contribution in [2.45, 2.75) is 46.2 Å². The first-order valence-corrected chi connectivity index (χ1v) is 10.9. The quantitative estimate of drug-likeness (QED) is 0.630. The van der Waals surface area contributed by atoms with Crippen LogP contribution >= 0.6 is 0 Å². The Kier molecular flexibility index (Phi) is 7.23. The second kappa shape index (κ2) is 9.88. The fourth-order valence-corrected chi connectivity index (χ4v) is 4.03. The number of carbonyl (C=O) groups is 3. The van der Waals surface area contributed by atoms with Crippen LogP contribution in [0.1, 0.15) is 64.3 Å². The van der Waals surface area contributed by atoms with Crippen molar-refractivity contribution in [3.63, 3.8) is 0 Å². The van der Waals surface area contributed by atoms with Crippen molar-refractivity contribution in [1.82, 2.24) is 15.1 Å². The molecule has 0 spiro atoms. The van der Waals surface area contributed by atoms with Crippen LogP contribution in [0, 0.1) is 0 Å². The summed E-state index contributed by atoms with van der Waals surface area (Å²) in [6.45, 7) is 10.1. The number of benzene rings is 2. The van der Waals surface area contributed by atoms with Gasteiger partial charge in [-0.25, -0.2) is 0 Å². The largest absolute Gasteiger partial charge is 0.351 e. The molecule has 0 aliphatic carbocycles. The second-order valence-electron chi connectivity index (χ2n) is 8.44. The van der Waals surface area contributed by atoms with Gasteiger partial charge in [-0.2, -0.15) is 0 Å². The lowest BCUT2D eigenvalue weighted by molar-refractivity contribution is 0.0656. The highest BCUT2D eigenvalue weighted by atomic mass is 16.2. The van der Waals surface area contributed by atoms with Gasteiger partial charge in [0.25, 0.3) is 17.7 Å². The van der Waals surface area contributed by atoms with E-state index in [4.69, 9.17) is 0 Å². The molecule has 3 amide bonds. The lowest BCUT2D eigenvalue weighted by Gasteiger charge is -2.30. The van der Waals surface area contributed by atoms with Gasteiger partial charge in [0.1, 0.15) is 0 Å². The highest BCUT2D eigenvalue weighted by Crippen LogP contribution is 2.24. The molecule has 164 valence electrons. The molecule has 0 bridgehead atoms. The molecule has 3 rings (SSSR count). The Morgan fingerprint density at radius 1 is 0.935 bits per heavy atom. The molecule has 1 N–H and O–H groups in total. The average molecular weight is 422 g/mol. The number of rotatable bonds is 9. The molecule has 6 heteroatoms. The number of fused-ring (bicyclic) bond motifs is 1. The Bertz CT molecular complexity index is 946. The number of hydrogen-bond donors (Lipinski definition) is 1. The Morgan fingerprint density at radius 2 is 1.58 bits per heavy atom. The maximum Gasteiger partial charge on any atom is 0.261 e. The van der Waals surface area contributed by atoms with E-state index < -0.39 is 0 Å². The van der Waals surface area contributed by atoms with E-state index >= 15 is 0 Å². The van der Waals surface area contributed by atoms with Crippen LogP contribution in [0.25, 0.3) is 0 Å². The minimum Gasteiger partial charge on any atom is -0.351 e. The molecule has 0 fully saturated rings. The van der Waals surface area contributed by atoms with E-state index in [2.05, 4.69) is 37.9 Å². The number of nitrogens with one attached hydrogen (secondary N) is 1. The monoisotopic (exact) mass is 421 g/mol. The molecule has 6 nitrogen and oxygen atoms in total. The van der Waals surface area contributed by atoms with Crippen molar-refractivity contribution in [3.05, 3.63) is 70.8 Å². The lowest BCUT2D eigenvalue weighted by Crippen LogP contribution is -2.42. The molecule has 2 aromatic rings. The van der Waals surface area contributed by atoms with E-state index in [0.717, 1.165) is 12.1 Å². The Morgan fingerprint density at radius 3 is 2.23 bits per heavy atom. The van der Waals surface area contributed by atoms with Crippen molar-refractivity contribution in [2.75, 3.05) is 19.6 Å². The Balaban J connectivity index is 1.63. The molecule has 0 saturated heterocycles. The van der Waals surface area contributed by atoms with Crippen molar-refractivity contribution < 1.29 is 14.4 Å². The molecule has 1 aliphatic rings. The van der Waals surface area contributed by atoms with Gasteiger partial charge in [-0.1, -0.05) is 30.3 Å². The van der Waals surface area contributed by atoms with Crippen LogP contribution in [-0.4, -0.2) is 59.2 Å². The summed E-state index contributed by atoms with van der Waals surface area (Å²) in [7, 11) is 0. The molecular formula is C25H31N3O3. The number of hydrogen-bond acceptors (Lipinski definition) is 4. The maximum absolute atomic E-state index is 12.8. The van der Waals surface area contributed by atoms with Gasteiger partial charge in [-0.15, -0.1) is 0 Å². The van der Waals surface area contributed by atoms with Gasteiger partial charge in [0, 0.05) is 37.3 Å². The van der Waals surface area contributed by atoms with Gasteiger partial charge in [0.15, 0.2) is 0 Å². The third-order valence-electron chi connectivity index (χ3n) is 5.68. The molecule has 0 aromatic heterocycles. The molecule has 0 saturated carbocycles. The molecule has 1 aliphatic heterocycles. The summed E-state index contributed by atoms with van der Waals surface area (Å²) in [4.78, 5) is 41.7. The van der Waals surface area contributed by atoms with Gasteiger partial charge < -0.3 is 5.32 Å². The van der Waals surface area contributed by atoms with Crippen LogP contribution in [0.4, 0.5) is 0 Å². The predicted octanol–water partition coefficient (Wildman–Crippen LogP) is 3.37. The average Bonchev–Trinajstić information content (AvgIpc) is 2.99. The first-order valence-electron chi connectivity index (χ1n) is 10.9. The van der Waals surface area contributed by atoms with E-state index in [1.54, 1.807) is 12.1 Å². The smallest absolute Gasteiger partial charge is 0.261 e. The summed E-state index contributed by atoms with van der Waals surface area (Å²) in [6.07, 6.45) is 0.599. The van der Waals surface area contributed by atoms with Crippen LogP contribution in [0.15, 0.2) is 48.5 Å². The molecular weight excluding hydrogens is 390 g/mol. The molecule has 0 unspecified atom stereocenters. The summed E-state index contributed by atoms with van der Waals surface area (Å²) in [6, 6.07) is 15.3. The van der Waals surface area contributed by atoms with Crippen molar-refractivity contribution in [1.29, 1.82) is 0 Å². The van der Waals surface area contributed by atoms with Crippen molar-refractivity contribution in [2.24, 2.45) is 0 Å². The first-order chi connectivity index (χ1) is 14.8. The van der Waals surface area contributed by atoms with Gasteiger partial charge in [-0.3, -0.25) is 24.2 Å². The Hall–Kier alpha value is -2.99. The third-order valence-corrected chi connectivity index (χ3v) is 5.68.